The summed E-state index contributed by atoms with van der Waals surface area (Å²) in [5, 5.41) is 0. The van der Waals surface area contributed by atoms with Gasteiger partial charge >= 0.3 is 0 Å². The molecule has 0 atom stereocenters. The third kappa shape index (κ3) is 3.63. The first-order chi connectivity index (χ1) is 12.1. The molecule has 1 aromatic rings. The summed E-state index contributed by atoms with van der Waals surface area (Å²) in [6.45, 7) is 1.22. The topological polar surface area (TPSA) is 59.0 Å². The maximum Gasteiger partial charge on any atom is 0.256 e. The van der Waals surface area contributed by atoms with Crippen LogP contribution in [0, 0.1) is 5.92 Å². The zero-order valence-corrected chi connectivity index (χ0v) is 14.9. The molecule has 0 aromatic heterocycles. The lowest BCUT2D eigenvalue weighted by molar-refractivity contribution is 0.252. The highest BCUT2D eigenvalue weighted by atomic mass is 32.2. The van der Waals surface area contributed by atoms with Gasteiger partial charge in [0.25, 0.3) is 10.0 Å². The van der Waals surface area contributed by atoms with Crippen LogP contribution in [-0.2, 0) is 10.0 Å². The summed E-state index contributed by atoms with van der Waals surface area (Å²) in [6.07, 6.45) is 10.9. The van der Waals surface area contributed by atoms with Gasteiger partial charge in [-0.15, -0.1) is 4.40 Å². The summed E-state index contributed by atoms with van der Waals surface area (Å²) in [5.74, 6) is 2.11. The van der Waals surface area contributed by atoms with Gasteiger partial charge in [0.2, 0.25) is 0 Å². The molecule has 4 rings (SSSR count). The van der Waals surface area contributed by atoms with Crippen molar-refractivity contribution in [1.29, 1.82) is 0 Å². The van der Waals surface area contributed by atoms with Gasteiger partial charge in [-0.2, -0.15) is 0 Å². The van der Waals surface area contributed by atoms with Gasteiger partial charge in [-0.1, -0.05) is 25.0 Å². The fourth-order valence-electron chi connectivity index (χ4n) is 3.56. The highest BCUT2D eigenvalue weighted by molar-refractivity contribution is 7.90. The van der Waals surface area contributed by atoms with E-state index in [1.807, 2.05) is 47.5 Å². The van der Waals surface area contributed by atoms with E-state index in [-0.39, 0.29) is 5.75 Å². The molecular weight excluding hydrogens is 336 g/mol. The fraction of sp³-hybridized carbons (Fsp3) is 0.421. The van der Waals surface area contributed by atoms with Crippen LogP contribution in [0.4, 0.5) is 0 Å². The quantitative estimate of drug-likeness (QED) is 0.829. The molecule has 1 aliphatic carbocycles. The van der Waals surface area contributed by atoms with E-state index in [4.69, 9.17) is 4.74 Å². The van der Waals surface area contributed by atoms with Gasteiger partial charge < -0.3 is 9.64 Å². The minimum atomic E-state index is -3.37. The molecule has 1 aromatic carbocycles. The average molecular weight is 358 g/mol. The normalized spacial score (nSPS) is 22.3. The second kappa shape index (κ2) is 6.67. The van der Waals surface area contributed by atoms with Crippen LogP contribution in [0.25, 0.3) is 5.57 Å². The maximum absolute atomic E-state index is 11.9. The van der Waals surface area contributed by atoms with Gasteiger partial charge in [0.05, 0.1) is 12.4 Å². The number of amidine groups is 1. The lowest BCUT2D eigenvalue weighted by Crippen LogP contribution is -2.37. The standard InChI is InChI=1S/C19H22N2O3S/c22-25(23)13-12-21-11-3-6-18(19(21)20-25)16-7-9-17(10-8-16)24-14-15-4-1-2-5-15/h3,6-11,15H,1-2,4-5,12-14H2. The van der Waals surface area contributed by atoms with E-state index in [9.17, 15) is 8.42 Å². The molecule has 0 unspecified atom stereocenters. The van der Waals surface area contributed by atoms with E-state index in [1.54, 1.807) is 0 Å². The molecule has 5 nitrogen and oxygen atoms in total. The Hall–Kier alpha value is -2.08. The summed E-state index contributed by atoms with van der Waals surface area (Å²) < 4.78 is 33.6. The molecule has 2 heterocycles. The summed E-state index contributed by atoms with van der Waals surface area (Å²) in [4.78, 5) is 1.89. The summed E-state index contributed by atoms with van der Waals surface area (Å²) in [5.41, 5.74) is 1.77. The molecule has 0 radical (unpaired) electrons. The monoisotopic (exact) mass is 358 g/mol. The van der Waals surface area contributed by atoms with Gasteiger partial charge in [-0.05, 0) is 48.6 Å². The number of fused-ring (bicyclic) bond motifs is 1. The molecule has 25 heavy (non-hydrogen) atoms. The Morgan fingerprint density at radius 3 is 2.68 bits per heavy atom. The molecule has 1 saturated carbocycles. The third-order valence-corrected chi connectivity index (χ3v) is 6.13. The van der Waals surface area contributed by atoms with Gasteiger partial charge in [-0.25, -0.2) is 8.42 Å². The van der Waals surface area contributed by atoms with E-state index in [1.165, 1.54) is 25.7 Å². The predicted molar refractivity (Wildman–Crippen MR) is 98.9 cm³/mol. The van der Waals surface area contributed by atoms with Crippen molar-refractivity contribution in [2.24, 2.45) is 10.3 Å². The van der Waals surface area contributed by atoms with E-state index in [2.05, 4.69) is 4.40 Å². The van der Waals surface area contributed by atoms with Crippen molar-refractivity contribution < 1.29 is 13.2 Å². The molecule has 1 fully saturated rings. The van der Waals surface area contributed by atoms with Crippen LogP contribution in [-0.4, -0.2) is 38.1 Å². The second-order valence-electron chi connectivity index (χ2n) is 6.80. The van der Waals surface area contributed by atoms with Gasteiger partial charge in [0.1, 0.15) is 5.75 Å². The van der Waals surface area contributed by atoms with Crippen molar-refractivity contribution >= 4 is 21.4 Å². The van der Waals surface area contributed by atoms with E-state index in [0.717, 1.165) is 23.5 Å². The predicted octanol–water partition coefficient (Wildman–Crippen LogP) is 3.21. The van der Waals surface area contributed by atoms with Crippen LogP contribution < -0.4 is 4.74 Å². The number of benzene rings is 1. The highest BCUT2D eigenvalue weighted by Crippen LogP contribution is 2.28. The van der Waals surface area contributed by atoms with Crippen LogP contribution in [0.15, 0.2) is 47.0 Å². The summed E-state index contributed by atoms with van der Waals surface area (Å²) in [6, 6.07) is 7.84. The minimum Gasteiger partial charge on any atom is -0.493 e. The summed E-state index contributed by atoms with van der Waals surface area (Å²) in [7, 11) is -3.37. The Morgan fingerprint density at radius 2 is 1.92 bits per heavy atom. The Morgan fingerprint density at radius 1 is 1.16 bits per heavy atom. The first-order valence-corrected chi connectivity index (χ1v) is 10.4. The van der Waals surface area contributed by atoms with E-state index in [0.29, 0.717) is 18.3 Å². The Kier molecular flexibility index (Phi) is 4.37. The summed E-state index contributed by atoms with van der Waals surface area (Å²) >= 11 is 0. The number of rotatable bonds is 4. The van der Waals surface area contributed by atoms with Crippen molar-refractivity contribution in [2.75, 3.05) is 18.9 Å². The van der Waals surface area contributed by atoms with Crippen LogP contribution in [0.5, 0.6) is 5.75 Å². The molecule has 0 spiro atoms. The van der Waals surface area contributed by atoms with Crippen molar-refractivity contribution in [3.05, 3.63) is 48.2 Å². The average Bonchev–Trinajstić information content (AvgIpc) is 3.13. The molecule has 0 saturated heterocycles. The number of hydrogen-bond acceptors (Lipinski definition) is 4. The molecule has 3 aliphatic rings. The largest absolute Gasteiger partial charge is 0.493 e. The van der Waals surface area contributed by atoms with E-state index < -0.39 is 10.0 Å². The molecule has 0 N–H and O–H groups in total. The van der Waals surface area contributed by atoms with Crippen LogP contribution in [0.2, 0.25) is 0 Å². The molecule has 132 valence electrons. The molecule has 0 amide bonds. The Balaban J connectivity index is 1.52. The first-order valence-electron chi connectivity index (χ1n) is 8.82. The molecule has 2 aliphatic heterocycles. The Bertz CT molecular complexity index is 832. The lowest BCUT2D eigenvalue weighted by atomic mass is 10.0. The number of ether oxygens (including phenoxy) is 1. The van der Waals surface area contributed by atoms with Crippen molar-refractivity contribution in [3.8, 4) is 5.75 Å². The third-order valence-electron chi connectivity index (χ3n) is 4.98. The number of hydrogen-bond donors (Lipinski definition) is 0. The highest BCUT2D eigenvalue weighted by Gasteiger charge is 2.27. The van der Waals surface area contributed by atoms with Crippen LogP contribution in [0.3, 0.4) is 0 Å². The first kappa shape index (κ1) is 16.4. The van der Waals surface area contributed by atoms with Gasteiger partial charge in [0.15, 0.2) is 5.84 Å². The zero-order valence-electron chi connectivity index (χ0n) is 14.1. The fourth-order valence-corrected chi connectivity index (χ4v) is 4.55. The SMILES string of the molecule is O=S1(=O)CCN2C=CC=C(c3ccc(OCC4CCCC4)cc3)C2=N1. The van der Waals surface area contributed by atoms with Gasteiger partial charge in [-0.3, -0.25) is 0 Å². The van der Waals surface area contributed by atoms with Crippen molar-refractivity contribution in [3.63, 3.8) is 0 Å². The van der Waals surface area contributed by atoms with Crippen LogP contribution >= 0.6 is 0 Å². The number of nitrogens with zero attached hydrogens (tertiary/aromatic N) is 2. The molecular formula is C19H22N2O3S. The van der Waals surface area contributed by atoms with Gasteiger partial charge in [0, 0.05) is 18.3 Å². The maximum atomic E-state index is 11.9. The zero-order chi connectivity index (χ0) is 17.3. The molecule has 6 heteroatoms. The van der Waals surface area contributed by atoms with Crippen molar-refractivity contribution in [2.45, 2.75) is 25.7 Å². The Labute approximate surface area is 148 Å². The minimum absolute atomic E-state index is 0.0576. The smallest absolute Gasteiger partial charge is 0.256 e. The second-order valence-corrected chi connectivity index (χ2v) is 8.56. The van der Waals surface area contributed by atoms with Crippen LogP contribution in [0.1, 0.15) is 31.2 Å². The number of sulfonamides is 1. The van der Waals surface area contributed by atoms with Crippen molar-refractivity contribution in [1.82, 2.24) is 4.90 Å². The van der Waals surface area contributed by atoms with E-state index >= 15 is 0 Å². The number of allylic oxidation sites excluding steroid dienone is 2. The molecule has 0 bridgehead atoms. The lowest BCUT2D eigenvalue weighted by Gasteiger charge is -2.29.